The van der Waals surface area contributed by atoms with Crippen LogP contribution in [0.1, 0.15) is 11.1 Å². The van der Waals surface area contributed by atoms with Gasteiger partial charge in [0.15, 0.2) is 0 Å². The topological polar surface area (TPSA) is 43.1 Å². The van der Waals surface area contributed by atoms with Crippen LogP contribution in [-0.2, 0) is 5.75 Å². The summed E-state index contributed by atoms with van der Waals surface area (Å²) in [7, 11) is 0. The van der Waals surface area contributed by atoms with E-state index in [1.54, 1.807) is 29.1 Å². The van der Waals surface area contributed by atoms with Crippen LogP contribution in [0.5, 0.6) is 0 Å². The second-order valence-electron chi connectivity index (χ2n) is 4.72. The van der Waals surface area contributed by atoms with Gasteiger partial charge >= 0.3 is 0 Å². The number of benzene rings is 2. The van der Waals surface area contributed by atoms with Crippen LogP contribution < -0.4 is 0 Å². The van der Waals surface area contributed by atoms with Crippen molar-refractivity contribution in [1.29, 1.82) is 0 Å². The molecule has 0 saturated heterocycles. The molecule has 2 aromatic carbocycles. The fourth-order valence-corrected chi connectivity index (χ4v) is 3.55. The van der Waals surface area contributed by atoms with Crippen molar-refractivity contribution in [2.45, 2.75) is 10.9 Å². The van der Waals surface area contributed by atoms with Crippen molar-refractivity contribution in [1.82, 2.24) is 14.9 Å². The molecule has 0 spiro atoms. The molecule has 0 saturated carbocycles. The van der Waals surface area contributed by atoms with Crippen LogP contribution in [-0.4, -0.2) is 21.1 Å². The van der Waals surface area contributed by atoms with Gasteiger partial charge in [-0.15, -0.1) is 10.2 Å². The summed E-state index contributed by atoms with van der Waals surface area (Å²) < 4.78 is 1.57. The van der Waals surface area contributed by atoms with E-state index in [1.807, 2.05) is 24.3 Å². The first-order chi connectivity index (χ1) is 11.6. The Morgan fingerprint density at radius 1 is 1.00 bits per heavy atom. The number of aromatic nitrogens is 3. The van der Waals surface area contributed by atoms with E-state index in [-0.39, 0.29) is 0 Å². The molecule has 0 aliphatic heterocycles. The number of hydrogen-bond acceptors (Lipinski definition) is 4. The third-order valence-electron chi connectivity index (χ3n) is 3.13. The lowest BCUT2D eigenvalue weighted by Gasteiger charge is -2.04. The summed E-state index contributed by atoms with van der Waals surface area (Å²) in [6.45, 7) is 0. The monoisotopic (exact) mass is 396 g/mol. The maximum Gasteiger partial charge on any atom is 0.212 e. The summed E-state index contributed by atoms with van der Waals surface area (Å²) in [6, 6.07) is 13.0. The van der Waals surface area contributed by atoms with Crippen LogP contribution in [0.3, 0.4) is 0 Å². The van der Waals surface area contributed by atoms with Crippen LogP contribution in [0.25, 0.3) is 0 Å². The summed E-state index contributed by atoms with van der Waals surface area (Å²) in [4.78, 5) is 0. The summed E-state index contributed by atoms with van der Waals surface area (Å²) >= 11 is 19.9. The third-order valence-corrected chi connectivity index (χ3v) is 5.14. The van der Waals surface area contributed by atoms with Gasteiger partial charge in [-0.1, -0.05) is 70.8 Å². The van der Waals surface area contributed by atoms with Crippen LogP contribution in [0.2, 0.25) is 15.1 Å². The van der Waals surface area contributed by atoms with Gasteiger partial charge in [0.1, 0.15) is 6.33 Å². The quantitative estimate of drug-likeness (QED) is 0.427. The molecule has 24 heavy (non-hydrogen) atoms. The van der Waals surface area contributed by atoms with Gasteiger partial charge in [-0.2, -0.15) is 9.78 Å². The molecule has 4 nitrogen and oxygen atoms in total. The molecule has 0 atom stereocenters. The van der Waals surface area contributed by atoms with Gasteiger partial charge in [0.25, 0.3) is 0 Å². The minimum absolute atomic E-state index is 0.532. The van der Waals surface area contributed by atoms with Crippen molar-refractivity contribution in [2.24, 2.45) is 5.10 Å². The Morgan fingerprint density at radius 2 is 1.71 bits per heavy atom. The standard InChI is InChI=1S/C16H11Cl3N4S/c17-13-5-2-1-4-11(13)9-24-16-22-20-10-23(16)21-8-12-14(18)6-3-7-15(12)19/h1-8,10H,9H2. The number of halogens is 3. The Bertz CT molecular complexity index is 859. The average Bonchev–Trinajstić information content (AvgIpc) is 3.01. The lowest BCUT2D eigenvalue weighted by molar-refractivity contribution is 0.767. The minimum Gasteiger partial charge on any atom is -0.195 e. The van der Waals surface area contributed by atoms with Crippen LogP contribution in [0.15, 0.2) is 59.0 Å². The highest BCUT2D eigenvalue weighted by Crippen LogP contribution is 2.26. The van der Waals surface area contributed by atoms with Crippen LogP contribution in [0, 0.1) is 0 Å². The number of nitrogens with zero attached hydrogens (tertiary/aromatic N) is 4. The smallest absolute Gasteiger partial charge is 0.195 e. The van der Waals surface area contributed by atoms with E-state index in [4.69, 9.17) is 34.8 Å². The molecule has 0 aliphatic carbocycles. The highest BCUT2D eigenvalue weighted by Gasteiger charge is 2.07. The maximum absolute atomic E-state index is 6.17. The zero-order chi connectivity index (χ0) is 16.9. The lowest BCUT2D eigenvalue weighted by Crippen LogP contribution is -1.94. The van der Waals surface area contributed by atoms with E-state index in [1.165, 1.54) is 18.1 Å². The largest absolute Gasteiger partial charge is 0.212 e. The zero-order valence-electron chi connectivity index (χ0n) is 12.2. The molecule has 3 aromatic rings. The van der Waals surface area contributed by atoms with E-state index in [2.05, 4.69) is 15.3 Å². The summed E-state index contributed by atoms with van der Waals surface area (Å²) in [5.74, 6) is 0.667. The van der Waals surface area contributed by atoms with Crippen molar-refractivity contribution >= 4 is 52.8 Å². The van der Waals surface area contributed by atoms with Gasteiger partial charge in [0, 0.05) is 16.3 Å². The molecule has 0 fully saturated rings. The Morgan fingerprint density at radius 3 is 2.46 bits per heavy atom. The first-order valence-corrected chi connectivity index (χ1v) is 9.01. The van der Waals surface area contributed by atoms with Gasteiger partial charge in [-0.05, 0) is 23.8 Å². The summed E-state index contributed by atoms with van der Waals surface area (Å²) in [5, 5.41) is 14.7. The average molecular weight is 398 g/mol. The van der Waals surface area contributed by atoms with E-state index in [0.717, 1.165) is 10.6 Å². The highest BCUT2D eigenvalue weighted by molar-refractivity contribution is 7.98. The zero-order valence-corrected chi connectivity index (χ0v) is 15.3. The van der Waals surface area contributed by atoms with Gasteiger partial charge in [-0.3, -0.25) is 0 Å². The van der Waals surface area contributed by atoms with E-state index in [0.29, 0.717) is 26.5 Å². The minimum atomic E-state index is 0.532. The molecular weight excluding hydrogens is 387 g/mol. The normalized spacial score (nSPS) is 11.3. The molecule has 0 aliphatic rings. The molecule has 0 bridgehead atoms. The molecule has 122 valence electrons. The Balaban J connectivity index is 1.76. The van der Waals surface area contributed by atoms with Crippen molar-refractivity contribution in [3.63, 3.8) is 0 Å². The van der Waals surface area contributed by atoms with E-state index < -0.39 is 0 Å². The Labute approximate surface area is 158 Å². The molecule has 8 heteroatoms. The van der Waals surface area contributed by atoms with E-state index in [9.17, 15) is 0 Å². The lowest BCUT2D eigenvalue weighted by atomic mass is 10.2. The molecule has 1 aromatic heterocycles. The van der Waals surface area contributed by atoms with Crippen molar-refractivity contribution < 1.29 is 0 Å². The molecule has 1 heterocycles. The summed E-state index contributed by atoms with van der Waals surface area (Å²) in [5.41, 5.74) is 1.67. The van der Waals surface area contributed by atoms with Gasteiger partial charge in [-0.25, -0.2) is 0 Å². The molecule has 0 unspecified atom stereocenters. The Hall–Kier alpha value is -1.53. The number of hydrogen-bond donors (Lipinski definition) is 0. The number of rotatable bonds is 5. The van der Waals surface area contributed by atoms with Crippen LogP contribution in [0.4, 0.5) is 0 Å². The number of thioether (sulfide) groups is 1. The predicted molar refractivity (Wildman–Crippen MR) is 100 cm³/mol. The summed E-state index contributed by atoms with van der Waals surface area (Å²) in [6.07, 6.45) is 3.11. The SMILES string of the molecule is Clc1ccccc1CSc1nncn1N=Cc1c(Cl)cccc1Cl. The van der Waals surface area contributed by atoms with Gasteiger partial charge in [0.2, 0.25) is 5.16 Å². The second kappa shape index (κ2) is 8.03. The molecule has 3 rings (SSSR count). The van der Waals surface area contributed by atoms with Crippen LogP contribution >= 0.6 is 46.6 Å². The van der Waals surface area contributed by atoms with Gasteiger partial charge < -0.3 is 0 Å². The first-order valence-electron chi connectivity index (χ1n) is 6.90. The predicted octanol–water partition coefficient (Wildman–Crippen LogP) is 5.41. The van der Waals surface area contributed by atoms with Gasteiger partial charge in [0.05, 0.1) is 16.3 Å². The fraction of sp³-hybridized carbons (Fsp3) is 0.0625. The van der Waals surface area contributed by atoms with Crippen molar-refractivity contribution in [3.8, 4) is 0 Å². The molecular formula is C16H11Cl3N4S. The first kappa shape index (κ1) is 17.3. The second-order valence-corrected chi connectivity index (χ2v) is 6.88. The van der Waals surface area contributed by atoms with Crippen molar-refractivity contribution in [3.05, 3.63) is 75.0 Å². The maximum atomic E-state index is 6.17. The fourth-order valence-electron chi connectivity index (χ4n) is 1.91. The molecule has 0 amide bonds. The van der Waals surface area contributed by atoms with Crippen molar-refractivity contribution in [2.75, 3.05) is 0 Å². The molecule has 0 radical (unpaired) electrons. The van der Waals surface area contributed by atoms with E-state index >= 15 is 0 Å². The highest BCUT2D eigenvalue weighted by atomic mass is 35.5. The molecule has 0 N–H and O–H groups in total. The third kappa shape index (κ3) is 4.11. The Kier molecular flexibility index (Phi) is 5.79.